The number of rotatable bonds is 2. The molecule has 0 aliphatic carbocycles. The Bertz CT molecular complexity index is 557. The van der Waals surface area contributed by atoms with Crippen molar-refractivity contribution in [1.29, 1.82) is 0 Å². The Morgan fingerprint density at radius 1 is 1.05 bits per heavy atom. The van der Waals surface area contributed by atoms with Crippen molar-refractivity contribution in [3.8, 4) is 11.3 Å². The van der Waals surface area contributed by atoms with E-state index in [1.54, 1.807) is 6.33 Å². The zero-order chi connectivity index (χ0) is 13.8. The Kier molecular flexibility index (Phi) is 3.92. The van der Waals surface area contributed by atoms with Crippen LogP contribution in [0.4, 0.5) is 5.69 Å². The van der Waals surface area contributed by atoms with E-state index in [0.29, 0.717) is 0 Å². The molecule has 0 bridgehead atoms. The van der Waals surface area contributed by atoms with Crippen molar-refractivity contribution in [3.05, 3.63) is 42.4 Å². The van der Waals surface area contributed by atoms with Gasteiger partial charge in [-0.05, 0) is 38.1 Å². The summed E-state index contributed by atoms with van der Waals surface area (Å²) < 4.78 is 0. The third-order valence-electron chi connectivity index (χ3n) is 3.67. The highest BCUT2D eigenvalue weighted by atomic mass is 15.2. The molecule has 104 valence electrons. The predicted octanol–water partition coefficient (Wildman–Crippen LogP) is 2.25. The summed E-state index contributed by atoms with van der Waals surface area (Å²) in [6.45, 7) is 6.37. The van der Waals surface area contributed by atoms with Crippen molar-refractivity contribution in [2.75, 3.05) is 31.1 Å². The number of hydrogen-bond acceptors (Lipinski definition) is 4. The van der Waals surface area contributed by atoms with Crippen molar-refractivity contribution in [2.45, 2.75) is 13.3 Å². The maximum absolute atomic E-state index is 4.33. The lowest BCUT2D eigenvalue weighted by Gasteiger charge is -2.22. The van der Waals surface area contributed by atoms with E-state index < -0.39 is 0 Å². The predicted molar refractivity (Wildman–Crippen MR) is 81.9 cm³/mol. The third kappa shape index (κ3) is 2.96. The van der Waals surface area contributed by atoms with Crippen LogP contribution in [0, 0.1) is 6.92 Å². The average Bonchev–Trinajstić information content (AvgIpc) is 2.76. The van der Waals surface area contributed by atoms with Crippen molar-refractivity contribution in [2.24, 2.45) is 0 Å². The molecule has 1 N–H and O–H groups in total. The molecule has 0 amide bonds. The molecule has 1 fully saturated rings. The van der Waals surface area contributed by atoms with Crippen LogP contribution in [0.15, 0.2) is 36.7 Å². The molecule has 0 atom stereocenters. The number of hydrogen-bond donors (Lipinski definition) is 1. The number of anilines is 1. The Morgan fingerprint density at radius 2 is 1.90 bits per heavy atom. The summed E-state index contributed by atoms with van der Waals surface area (Å²) in [7, 11) is 0. The highest BCUT2D eigenvalue weighted by Crippen LogP contribution is 2.22. The van der Waals surface area contributed by atoms with Gasteiger partial charge in [-0.1, -0.05) is 12.1 Å². The van der Waals surface area contributed by atoms with Gasteiger partial charge in [0.2, 0.25) is 0 Å². The summed E-state index contributed by atoms with van der Waals surface area (Å²) in [4.78, 5) is 10.9. The first kappa shape index (κ1) is 13.1. The van der Waals surface area contributed by atoms with E-state index >= 15 is 0 Å². The Labute approximate surface area is 119 Å². The first-order valence-corrected chi connectivity index (χ1v) is 7.18. The van der Waals surface area contributed by atoms with E-state index in [9.17, 15) is 0 Å². The molecule has 0 radical (unpaired) electrons. The monoisotopic (exact) mass is 268 g/mol. The molecule has 0 saturated carbocycles. The van der Waals surface area contributed by atoms with Gasteiger partial charge in [0.1, 0.15) is 6.33 Å². The summed E-state index contributed by atoms with van der Waals surface area (Å²) in [5, 5.41) is 3.43. The van der Waals surface area contributed by atoms with E-state index in [-0.39, 0.29) is 0 Å². The lowest BCUT2D eigenvalue weighted by Crippen LogP contribution is -2.27. The van der Waals surface area contributed by atoms with Gasteiger partial charge < -0.3 is 10.2 Å². The fourth-order valence-electron chi connectivity index (χ4n) is 2.56. The third-order valence-corrected chi connectivity index (χ3v) is 3.67. The Morgan fingerprint density at radius 3 is 2.70 bits per heavy atom. The molecule has 4 nitrogen and oxygen atoms in total. The molecular weight excluding hydrogens is 248 g/mol. The van der Waals surface area contributed by atoms with Crippen molar-refractivity contribution < 1.29 is 0 Å². The first-order chi connectivity index (χ1) is 9.83. The summed E-state index contributed by atoms with van der Waals surface area (Å²) in [6.07, 6.45) is 2.83. The highest BCUT2D eigenvalue weighted by Gasteiger charge is 2.09. The SMILES string of the molecule is Cc1cc(-c2ccc(N3CCCNCC3)cc2)ncn1. The fourth-order valence-corrected chi connectivity index (χ4v) is 2.56. The maximum Gasteiger partial charge on any atom is 0.116 e. The summed E-state index contributed by atoms with van der Waals surface area (Å²) >= 11 is 0. The van der Waals surface area contributed by atoms with Crippen molar-refractivity contribution >= 4 is 5.69 Å². The number of nitrogens with zero attached hydrogens (tertiary/aromatic N) is 3. The smallest absolute Gasteiger partial charge is 0.116 e. The molecule has 0 spiro atoms. The van der Waals surface area contributed by atoms with Gasteiger partial charge in [0.15, 0.2) is 0 Å². The molecule has 1 aliphatic heterocycles. The summed E-state index contributed by atoms with van der Waals surface area (Å²) in [6, 6.07) is 10.7. The minimum Gasteiger partial charge on any atom is -0.370 e. The zero-order valence-corrected chi connectivity index (χ0v) is 11.8. The van der Waals surface area contributed by atoms with Crippen molar-refractivity contribution in [1.82, 2.24) is 15.3 Å². The molecule has 4 heteroatoms. The molecule has 2 aromatic rings. The van der Waals surface area contributed by atoms with Crippen LogP contribution in [0.2, 0.25) is 0 Å². The van der Waals surface area contributed by atoms with Crippen molar-refractivity contribution in [3.63, 3.8) is 0 Å². The van der Waals surface area contributed by atoms with Crippen LogP contribution in [0.5, 0.6) is 0 Å². The standard InChI is InChI=1S/C16H20N4/c1-13-11-16(19-12-18-13)14-3-5-15(6-4-14)20-9-2-7-17-8-10-20/h3-6,11-12,17H,2,7-10H2,1H3. The molecule has 1 aromatic heterocycles. The van der Waals surface area contributed by atoms with E-state index in [1.807, 2.05) is 13.0 Å². The maximum atomic E-state index is 4.33. The topological polar surface area (TPSA) is 41.0 Å². The lowest BCUT2D eigenvalue weighted by molar-refractivity contribution is 0.724. The van der Waals surface area contributed by atoms with Crippen LogP contribution < -0.4 is 10.2 Å². The zero-order valence-electron chi connectivity index (χ0n) is 11.8. The summed E-state index contributed by atoms with van der Waals surface area (Å²) in [5.74, 6) is 0. The van der Waals surface area contributed by atoms with E-state index in [0.717, 1.165) is 43.1 Å². The largest absolute Gasteiger partial charge is 0.370 e. The normalized spacial score (nSPS) is 15.9. The first-order valence-electron chi connectivity index (χ1n) is 7.18. The van der Waals surface area contributed by atoms with Gasteiger partial charge in [0.05, 0.1) is 5.69 Å². The minimum absolute atomic E-state index is 0.988. The summed E-state index contributed by atoms with van der Waals surface area (Å²) in [5.41, 5.74) is 4.43. The lowest BCUT2D eigenvalue weighted by atomic mass is 10.1. The molecule has 20 heavy (non-hydrogen) atoms. The van der Waals surface area contributed by atoms with Gasteiger partial charge in [-0.15, -0.1) is 0 Å². The van der Waals surface area contributed by atoms with Crippen LogP contribution in [0.25, 0.3) is 11.3 Å². The number of benzene rings is 1. The molecule has 1 saturated heterocycles. The molecular formula is C16H20N4. The van der Waals surface area contributed by atoms with Crippen LogP contribution in [0.3, 0.4) is 0 Å². The quantitative estimate of drug-likeness (QED) is 0.907. The van der Waals surface area contributed by atoms with Crippen LogP contribution in [-0.4, -0.2) is 36.1 Å². The average molecular weight is 268 g/mol. The Hall–Kier alpha value is -1.94. The fraction of sp³-hybridized carbons (Fsp3) is 0.375. The van der Waals surface area contributed by atoms with Gasteiger partial charge in [-0.3, -0.25) is 0 Å². The number of aromatic nitrogens is 2. The second-order valence-corrected chi connectivity index (χ2v) is 5.18. The van der Waals surface area contributed by atoms with E-state index in [1.165, 1.54) is 12.1 Å². The van der Waals surface area contributed by atoms with Crippen LogP contribution >= 0.6 is 0 Å². The second-order valence-electron chi connectivity index (χ2n) is 5.18. The second kappa shape index (κ2) is 6.01. The van der Waals surface area contributed by atoms with Gasteiger partial charge in [-0.25, -0.2) is 9.97 Å². The van der Waals surface area contributed by atoms with E-state index in [4.69, 9.17) is 0 Å². The van der Waals surface area contributed by atoms with Crippen LogP contribution in [-0.2, 0) is 0 Å². The minimum atomic E-state index is 0.988. The Balaban J connectivity index is 1.80. The molecule has 0 unspecified atom stereocenters. The highest BCUT2D eigenvalue weighted by molar-refractivity contribution is 5.63. The van der Waals surface area contributed by atoms with Gasteiger partial charge in [-0.2, -0.15) is 0 Å². The molecule has 2 heterocycles. The van der Waals surface area contributed by atoms with Crippen LogP contribution in [0.1, 0.15) is 12.1 Å². The number of aryl methyl sites for hydroxylation is 1. The molecule has 1 aliphatic rings. The van der Waals surface area contributed by atoms with Gasteiger partial charge >= 0.3 is 0 Å². The van der Waals surface area contributed by atoms with E-state index in [2.05, 4.69) is 44.5 Å². The molecule has 3 rings (SSSR count). The van der Waals surface area contributed by atoms with Gasteiger partial charge in [0.25, 0.3) is 0 Å². The number of nitrogens with one attached hydrogen (secondary N) is 1. The molecule has 1 aromatic carbocycles. The van der Waals surface area contributed by atoms with Gasteiger partial charge in [0, 0.05) is 36.6 Å².